The van der Waals surface area contributed by atoms with Crippen molar-refractivity contribution in [2.24, 2.45) is 0 Å². The lowest BCUT2D eigenvalue weighted by molar-refractivity contribution is -0.143. The number of amides is 1. The van der Waals surface area contributed by atoms with E-state index in [-0.39, 0.29) is 5.91 Å². The lowest BCUT2D eigenvalue weighted by atomic mass is 10.1. The van der Waals surface area contributed by atoms with Crippen LogP contribution in [-0.4, -0.2) is 59.0 Å². The normalized spacial score (nSPS) is 17.0. The Morgan fingerprint density at radius 2 is 1.76 bits per heavy atom. The maximum absolute atomic E-state index is 12.3. The van der Waals surface area contributed by atoms with E-state index in [1.807, 2.05) is 11.0 Å². The Morgan fingerprint density at radius 1 is 1.19 bits per heavy atom. The second kappa shape index (κ2) is 6.37. The minimum absolute atomic E-state index is 0.0814. The van der Waals surface area contributed by atoms with Crippen LogP contribution in [0.1, 0.15) is 22.8 Å². The molecule has 0 saturated carbocycles. The Hall–Kier alpha value is -2.39. The quantitative estimate of drug-likeness (QED) is 0.888. The molecule has 6 nitrogen and oxygen atoms in total. The van der Waals surface area contributed by atoms with Gasteiger partial charge < -0.3 is 10.0 Å². The van der Waals surface area contributed by atoms with Crippen LogP contribution in [0.2, 0.25) is 0 Å². The maximum Gasteiger partial charge on any atom is 0.320 e. The molecule has 1 amide bonds. The molecule has 1 N–H and O–H groups in total. The van der Waals surface area contributed by atoms with E-state index in [2.05, 4.69) is 0 Å². The number of carboxylic acids is 1. The fourth-order valence-corrected chi connectivity index (χ4v) is 2.34. The Kier molecular flexibility index (Phi) is 4.55. The van der Waals surface area contributed by atoms with E-state index in [0.717, 1.165) is 0 Å². The van der Waals surface area contributed by atoms with Crippen LogP contribution in [0, 0.1) is 11.3 Å². The van der Waals surface area contributed by atoms with Gasteiger partial charge >= 0.3 is 5.97 Å². The average molecular weight is 287 g/mol. The first-order valence-electron chi connectivity index (χ1n) is 6.79. The molecule has 1 aliphatic heterocycles. The number of carbonyl (C=O) groups is 2. The number of hydrogen-bond acceptors (Lipinski definition) is 4. The standard InChI is InChI=1S/C15H17N3O3/c1-11(15(20)21)17-6-8-18(9-7-17)14(19)13-4-2-12(10-16)3-5-13/h2-5,11H,6-9H2,1H3,(H,20,21). The minimum atomic E-state index is -0.845. The number of nitriles is 1. The molecule has 0 bridgehead atoms. The van der Waals surface area contributed by atoms with Gasteiger partial charge in [-0.05, 0) is 31.2 Å². The van der Waals surface area contributed by atoms with Crippen LogP contribution in [0.15, 0.2) is 24.3 Å². The lowest BCUT2D eigenvalue weighted by Crippen LogP contribution is -2.53. The highest BCUT2D eigenvalue weighted by molar-refractivity contribution is 5.94. The largest absolute Gasteiger partial charge is 0.480 e. The molecule has 1 saturated heterocycles. The Bertz CT molecular complexity index is 569. The highest BCUT2D eigenvalue weighted by Gasteiger charge is 2.27. The van der Waals surface area contributed by atoms with Crippen molar-refractivity contribution in [2.75, 3.05) is 26.2 Å². The molecule has 0 spiro atoms. The summed E-state index contributed by atoms with van der Waals surface area (Å²) >= 11 is 0. The number of aliphatic carboxylic acids is 1. The monoisotopic (exact) mass is 287 g/mol. The van der Waals surface area contributed by atoms with Crippen molar-refractivity contribution < 1.29 is 14.7 Å². The number of benzene rings is 1. The molecule has 1 heterocycles. The zero-order chi connectivity index (χ0) is 15.4. The van der Waals surface area contributed by atoms with E-state index < -0.39 is 12.0 Å². The second-order valence-corrected chi connectivity index (χ2v) is 5.03. The number of rotatable bonds is 3. The van der Waals surface area contributed by atoms with Crippen molar-refractivity contribution in [1.82, 2.24) is 9.80 Å². The molecule has 1 atom stereocenters. The van der Waals surface area contributed by atoms with Gasteiger partial charge in [0, 0.05) is 31.7 Å². The van der Waals surface area contributed by atoms with Gasteiger partial charge in [0.2, 0.25) is 0 Å². The van der Waals surface area contributed by atoms with Gasteiger partial charge in [-0.3, -0.25) is 14.5 Å². The second-order valence-electron chi connectivity index (χ2n) is 5.03. The van der Waals surface area contributed by atoms with Gasteiger partial charge in [0.1, 0.15) is 6.04 Å². The number of nitrogens with zero attached hydrogens (tertiary/aromatic N) is 3. The van der Waals surface area contributed by atoms with Gasteiger partial charge in [-0.1, -0.05) is 0 Å². The Balaban J connectivity index is 1.97. The smallest absolute Gasteiger partial charge is 0.320 e. The molecule has 1 aliphatic rings. The predicted molar refractivity (Wildman–Crippen MR) is 75.7 cm³/mol. The molecule has 21 heavy (non-hydrogen) atoms. The van der Waals surface area contributed by atoms with Gasteiger partial charge in [-0.2, -0.15) is 5.26 Å². The summed E-state index contributed by atoms with van der Waals surface area (Å²) < 4.78 is 0. The van der Waals surface area contributed by atoms with Crippen LogP contribution in [0.25, 0.3) is 0 Å². The van der Waals surface area contributed by atoms with Gasteiger partial charge in [0.15, 0.2) is 0 Å². The third kappa shape index (κ3) is 3.38. The molecule has 1 aromatic rings. The Labute approximate surface area is 123 Å². The molecule has 1 aromatic carbocycles. The number of piperazine rings is 1. The molecule has 2 rings (SSSR count). The predicted octanol–water partition coefficient (Wildman–Crippen LogP) is 0.789. The first-order valence-corrected chi connectivity index (χ1v) is 6.79. The van der Waals surface area contributed by atoms with E-state index in [1.54, 1.807) is 36.1 Å². The van der Waals surface area contributed by atoms with Crippen LogP contribution >= 0.6 is 0 Å². The van der Waals surface area contributed by atoms with Crippen LogP contribution in [0.4, 0.5) is 0 Å². The van der Waals surface area contributed by atoms with Crippen LogP contribution < -0.4 is 0 Å². The van der Waals surface area contributed by atoms with Gasteiger partial charge in [-0.15, -0.1) is 0 Å². The van der Waals surface area contributed by atoms with Crippen LogP contribution in [0.5, 0.6) is 0 Å². The summed E-state index contributed by atoms with van der Waals surface area (Å²) in [6.45, 7) is 3.78. The first kappa shape index (κ1) is 15.0. The maximum atomic E-state index is 12.3. The number of hydrogen-bond donors (Lipinski definition) is 1. The molecule has 1 fully saturated rings. The number of carbonyl (C=O) groups excluding carboxylic acids is 1. The third-order valence-electron chi connectivity index (χ3n) is 3.77. The van der Waals surface area contributed by atoms with Crippen molar-refractivity contribution in [2.45, 2.75) is 13.0 Å². The van der Waals surface area contributed by atoms with Crippen molar-refractivity contribution >= 4 is 11.9 Å². The Morgan fingerprint density at radius 3 is 2.24 bits per heavy atom. The van der Waals surface area contributed by atoms with E-state index in [1.165, 1.54) is 0 Å². The van der Waals surface area contributed by atoms with Crippen LogP contribution in [0.3, 0.4) is 0 Å². The molecule has 0 radical (unpaired) electrons. The van der Waals surface area contributed by atoms with Gasteiger partial charge in [0.05, 0.1) is 11.6 Å². The summed E-state index contributed by atoms with van der Waals surface area (Å²) in [6, 6.07) is 8.02. The molecule has 0 aliphatic carbocycles. The highest BCUT2D eigenvalue weighted by atomic mass is 16.4. The summed E-state index contributed by atoms with van der Waals surface area (Å²) in [6.07, 6.45) is 0. The zero-order valence-electron chi connectivity index (χ0n) is 11.8. The van der Waals surface area contributed by atoms with Crippen molar-refractivity contribution in [3.05, 3.63) is 35.4 Å². The summed E-state index contributed by atoms with van der Waals surface area (Å²) in [7, 11) is 0. The van der Waals surface area contributed by atoms with Gasteiger partial charge in [-0.25, -0.2) is 0 Å². The fraction of sp³-hybridized carbons (Fsp3) is 0.400. The summed E-state index contributed by atoms with van der Waals surface area (Å²) in [4.78, 5) is 26.8. The van der Waals surface area contributed by atoms with E-state index in [0.29, 0.717) is 37.3 Å². The first-order chi connectivity index (χ1) is 10.0. The van der Waals surface area contributed by atoms with E-state index >= 15 is 0 Å². The average Bonchev–Trinajstić information content (AvgIpc) is 2.53. The number of carboxylic acid groups (broad SMARTS) is 1. The molecule has 110 valence electrons. The summed E-state index contributed by atoms with van der Waals surface area (Å²) in [5.41, 5.74) is 1.07. The highest BCUT2D eigenvalue weighted by Crippen LogP contribution is 2.12. The van der Waals surface area contributed by atoms with E-state index in [4.69, 9.17) is 10.4 Å². The lowest BCUT2D eigenvalue weighted by Gasteiger charge is -2.36. The molecule has 1 unspecified atom stereocenters. The fourth-order valence-electron chi connectivity index (χ4n) is 2.34. The molecule has 6 heteroatoms. The summed E-state index contributed by atoms with van der Waals surface area (Å²) in [5.74, 6) is -0.927. The molecular formula is C15H17N3O3. The van der Waals surface area contributed by atoms with Crippen molar-refractivity contribution in [3.8, 4) is 6.07 Å². The summed E-state index contributed by atoms with van der Waals surface area (Å²) in [5, 5.41) is 17.7. The third-order valence-corrected chi connectivity index (χ3v) is 3.77. The van der Waals surface area contributed by atoms with Gasteiger partial charge in [0.25, 0.3) is 5.91 Å². The molecular weight excluding hydrogens is 270 g/mol. The van der Waals surface area contributed by atoms with Crippen molar-refractivity contribution in [1.29, 1.82) is 5.26 Å². The zero-order valence-corrected chi connectivity index (χ0v) is 11.8. The van der Waals surface area contributed by atoms with Crippen molar-refractivity contribution in [3.63, 3.8) is 0 Å². The van der Waals surface area contributed by atoms with Crippen LogP contribution in [-0.2, 0) is 4.79 Å². The topological polar surface area (TPSA) is 84.6 Å². The minimum Gasteiger partial charge on any atom is -0.480 e. The SMILES string of the molecule is CC(C(=O)O)N1CCN(C(=O)c2ccc(C#N)cc2)CC1. The van der Waals surface area contributed by atoms with E-state index in [9.17, 15) is 9.59 Å². The molecule has 0 aromatic heterocycles.